The van der Waals surface area contributed by atoms with E-state index in [2.05, 4.69) is 21.4 Å². The number of hydrazine groups is 1. The molecule has 100 valence electrons. The summed E-state index contributed by atoms with van der Waals surface area (Å²) in [5.41, 5.74) is 4.45. The Kier molecular flexibility index (Phi) is 4.93. The zero-order valence-corrected chi connectivity index (χ0v) is 12.4. The number of hydrogen-bond donors (Lipinski definition) is 2. The average Bonchev–Trinajstić information content (AvgIpc) is 2.38. The van der Waals surface area contributed by atoms with Crippen LogP contribution in [0.25, 0.3) is 0 Å². The first-order valence-electron chi connectivity index (χ1n) is 5.75. The normalized spacial score (nSPS) is 12.4. The molecule has 0 aliphatic rings. The van der Waals surface area contributed by atoms with Crippen molar-refractivity contribution in [2.24, 2.45) is 5.84 Å². The van der Waals surface area contributed by atoms with Gasteiger partial charge in [-0.1, -0.05) is 45.7 Å². The van der Waals surface area contributed by atoms with E-state index in [0.29, 0.717) is 11.4 Å². The fourth-order valence-corrected chi connectivity index (χ4v) is 2.65. The number of rotatable bonds is 4. The maximum atomic E-state index is 13.2. The van der Waals surface area contributed by atoms with Gasteiger partial charge in [-0.15, -0.1) is 0 Å². The predicted molar refractivity (Wildman–Crippen MR) is 79.3 cm³/mol. The van der Waals surface area contributed by atoms with Crippen LogP contribution in [0.1, 0.15) is 17.2 Å². The van der Waals surface area contributed by atoms with Gasteiger partial charge in [-0.2, -0.15) is 0 Å². The maximum absolute atomic E-state index is 13.2. The number of hydrogen-bond acceptors (Lipinski definition) is 2. The quantitative estimate of drug-likeness (QED) is 0.651. The van der Waals surface area contributed by atoms with Crippen LogP contribution in [-0.2, 0) is 6.42 Å². The zero-order valence-electron chi connectivity index (χ0n) is 10.0. The van der Waals surface area contributed by atoms with Crippen molar-refractivity contribution in [3.8, 4) is 0 Å². The fourth-order valence-electron chi connectivity index (χ4n) is 1.90. The first-order valence-corrected chi connectivity index (χ1v) is 6.93. The highest BCUT2D eigenvalue weighted by molar-refractivity contribution is 9.10. The van der Waals surface area contributed by atoms with E-state index in [1.54, 1.807) is 6.07 Å². The minimum atomic E-state index is -0.278. The number of nitrogens with two attached hydrogens (primary N) is 1. The zero-order chi connectivity index (χ0) is 13.8. The Balaban J connectivity index is 2.24. The summed E-state index contributed by atoms with van der Waals surface area (Å²) < 4.78 is 14.2. The first kappa shape index (κ1) is 14.5. The van der Waals surface area contributed by atoms with Gasteiger partial charge in [-0.25, -0.2) is 4.39 Å². The molecule has 0 saturated heterocycles. The van der Waals surface area contributed by atoms with Gasteiger partial charge in [0.15, 0.2) is 0 Å². The molecule has 0 aromatic heterocycles. The van der Waals surface area contributed by atoms with E-state index in [0.717, 1.165) is 15.6 Å². The lowest BCUT2D eigenvalue weighted by atomic mass is 9.99. The lowest BCUT2D eigenvalue weighted by Crippen LogP contribution is -2.29. The van der Waals surface area contributed by atoms with Gasteiger partial charge in [0.2, 0.25) is 0 Å². The molecule has 2 nitrogen and oxygen atoms in total. The third-order valence-electron chi connectivity index (χ3n) is 2.89. The van der Waals surface area contributed by atoms with Crippen molar-refractivity contribution in [2.75, 3.05) is 0 Å². The van der Waals surface area contributed by atoms with Gasteiger partial charge in [-0.3, -0.25) is 11.3 Å². The van der Waals surface area contributed by atoms with E-state index in [-0.39, 0.29) is 11.9 Å². The van der Waals surface area contributed by atoms with Gasteiger partial charge < -0.3 is 0 Å². The van der Waals surface area contributed by atoms with Crippen LogP contribution in [0.5, 0.6) is 0 Å². The molecule has 1 unspecified atom stereocenters. The number of nitrogens with one attached hydrogen (secondary N) is 1. The van der Waals surface area contributed by atoms with Crippen LogP contribution in [0.4, 0.5) is 4.39 Å². The standard InChI is InChI=1S/C14H13BrClFN2/c15-11-5-4-9(13(16)8-11)7-14(19-18)10-2-1-3-12(17)6-10/h1-6,8,14,19H,7,18H2. The first-order chi connectivity index (χ1) is 9.10. The van der Waals surface area contributed by atoms with E-state index in [1.807, 2.05) is 24.3 Å². The Morgan fingerprint density at radius 3 is 2.68 bits per heavy atom. The molecular weight excluding hydrogens is 331 g/mol. The van der Waals surface area contributed by atoms with Crippen LogP contribution in [0, 0.1) is 5.82 Å². The molecule has 2 rings (SSSR count). The molecule has 19 heavy (non-hydrogen) atoms. The molecule has 0 spiro atoms. The van der Waals surface area contributed by atoms with Crippen LogP contribution in [0.15, 0.2) is 46.9 Å². The Morgan fingerprint density at radius 2 is 2.05 bits per heavy atom. The maximum Gasteiger partial charge on any atom is 0.123 e. The minimum absolute atomic E-state index is 0.186. The molecule has 0 aliphatic carbocycles. The summed E-state index contributed by atoms with van der Waals surface area (Å²) in [5, 5.41) is 0.658. The van der Waals surface area contributed by atoms with Crippen molar-refractivity contribution >= 4 is 27.5 Å². The second-order valence-electron chi connectivity index (χ2n) is 4.21. The van der Waals surface area contributed by atoms with Crippen molar-refractivity contribution < 1.29 is 4.39 Å². The van der Waals surface area contributed by atoms with Crippen LogP contribution in [0.2, 0.25) is 5.02 Å². The number of halogens is 3. The van der Waals surface area contributed by atoms with Crippen molar-refractivity contribution in [3.05, 3.63) is 68.9 Å². The largest absolute Gasteiger partial charge is 0.271 e. The summed E-state index contributed by atoms with van der Waals surface area (Å²) in [6.07, 6.45) is 0.589. The summed E-state index contributed by atoms with van der Waals surface area (Å²) in [6, 6.07) is 11.9. The van der Waals surface area contributed by atoms with Gasteiger partial charge in [0.1, 0.15) is 5.82 Å². The van der Waals surface area contributed by atoms with Gasteiger partial charge in [0, 0.05) is 9.50 Å². The highest BCUT2D eigenvalue weighted by atomic mass is 79.9. The SMILES string of the molecule is NNC(Cc1ccc(Br)cc1Cl)c1cccc(F)c1. The van der Waals surface area contributed by atoms with Crippen molar-refractivity contribution in [2.45, 2.75) is 12.5 Å². The summed E-state index contributed by atoms with van der Waals surface area (Å²) in [7, 11) is 0. The molecule has 5 heteroatoms. The molecule has 2 aromatic carbocycles. The van der Waals surface area contributed by atoms with E-state index in [1.165, 1.54) is 12.1 Å². The topological polar surface area (TPSA) is 38.0 Å². The van der Waals surface area contributed by atoms with Gasteiger partial charge >= 0.3 is 0 Å². The Labute approximate surface area is 124 Å². The minimum Gasteiger partial charge on any atom is -0.271 e. The van der Waals surface area contributed by atoms with E-state index >= 15 is 0 Å². The molecule has 0 fully saturated rings. The average molecular weight is 344 g/mol. The molecule has 0 aliphatic heterocycles. The Bertz CT molecular complexity index is 577. The van der Waals surface area contributed by atoms with Gasteiger partial charge in [-0.05, 0) is 41.8 Å². The molecule has 1 atom stereocenters. The molecule has 3 N–H and O–H groups in total. The third kappa shape index (κ3) is 3.76. The number of benzene rings is 2. The van der Waals surface area contributed by atoms with E-state index in [9.17, 15) is 4.39 Å². The molecule has 2 aromatic rings. The second-order valence-corrected chi connectivity index (χ2v) is 5.54. The molecule has 0 saturated carbocycles. The lowest BCUT2D eigenvalue weighted by Gasteiger charge is -2.17. The third-order valence-corrected chi connectivity index (χ3v) is 3.74. The van der Waals surface area contributed by atoms with Crippen LogP contribution >= 0.6 is 27.5 Å². The van der Waals surface area contributed by atoms with E-state index in [4.69, 9.17) is 17.4 Å². The molecule has 0 heterocycles. The second kappa shape index (κ2) is 6.48. The molecular formula is C14H13BrClFN2. The summed E-state index contributed by atoms with van der Waals surface area (Å²) in [6.45, 7) is 0. The summed E-state index contributed by atoms with van der Waals surface area (Å²) >= 11 is 9.54. The van der Waals surface area contributed by atoms with Crippen LogP contribution in [-0.4, -0.2) is 0 Å². The highest BCUT2D eigenvalue weighted by Crippen LogP contribution is 2.26. The predicted octanol–water partition coefficient (Wildman–Crippen LogP) is 3.99. The Hall–Kier alpha value is -0.940. The fraction of sp³-hybridized carbons (Fsp3) is 0.143. The Morgan fingerprint density at radius 1 is 1.26 bits per heavy atom. The van der Waals surface area contributed by atoms with Gasteiger partial charge in [0.25, 0.3) is 0 Å². The smallest absolute Gasteiger partial charge is 0.123 e. The van der Waals surface area contributed by atoms with Crippen molar-refractivity contribution in [1.82, 2.24) is 5.43 Å². The van der Waals surface area contributed by atoms with Crippen molar-refractivity contribution in [3.63, 3.8) is 0 Å². The summed E-state index contributed by atoms with van der Waals surface area (Å²) in [5.74, 6) is 5.28. The van der Waals surface area contributed by atoms with Crippen LogP contribution < -0.4 is 11.3 Å². The van der Waals surface area contributed by atoms with Crippen molar-refractivity contribution in [1.29, 1.82) is 0 Å². The van der Waals surface area contributed by atoms with E-state index < -0.39 is 0 Å². The molecule has 0 radical (unpaired) electrons. The monoisotopic (exact) mass is 342 g/mol. The molecule has 0 amide bonds. The van der Waals surface area contributed by atoms with Crippen LogP contribution in [0.3, 0.4) is 0 Å². The highest BCUT2D eigenvalue weighted by Gasteiger charge is 2.13. The van der Waals surface area contributed by atoms with Gasteiger partial charge in [0.05, 0.1) is 6.04 Å². The lowest BCUT2D eigenvalue weighted by molar-refractivity contribution is 0.544. The molecule has 0 bridgehead atoms. The summed E-state index contributed by atoms with van der Waals surface area (Å²) in [4.78, 5) is 0.